The summed E-state index contributed by atoms with van der Waals surface area (Å²) < 4.78 is 0. The van der Waals surface area contributed by atoms with Crippen molar-refractivity contribution < 1.29 is 20.1 Å². The Hall–Kier alpha value is -1.81. The lowest BCUT2D eigenvalue weighted by Gasteiger charge is -2.04. The van der Waals surface area contributed by atoms with Gasteiger partial charge in [-0.2, -0.15) is 0 Å². The van der Waals surface area contributed by atoms with Gasteiger partial charge in [-0.05, 0) is 17.7 Å². The van der Waals surface area contributed by atoms with E-state index in [1.54, 1.807) is 12.1 Å². The van der Waals surface area contributed by atoms with Gasteiger partial charge in [-0.25, -0.2) is 4.79 Å². The molecule has 0 saturated heterocycles. The first-order chi connectivity index (χ1) is 6.65. The molecule has 1 rings (SSSR count). The van der Waals surface area contributed by atoms with Gasteiger partial charge in [0.15, 0.2) is 0 Å². The number of carbonyl (C=O) groups is 1. The SMILES string of the molecule is O=C(O)C=Cc1cccc(O)c1CO. The predicted molar refractivity (Wildman–Crippen MR) is 50.7 cm³/mol. The van der Waals surface area contributed by atoms with E-state index in [0.717, 1.165) is 6.08 Å². The molecule has 0 aromatic heterocycles. The molecule has 4 nitrogen and oxygen atoms in total. The molecule has 0 amide bonds. The van der Waals surface area contributed by atoms with Crippen LogP contribution in [0.15, 0.2) is 24.3 Å². The molecule has 0 atom stereocenters. The van der Waals surface area contributed by atoms with Gasteiger partial charge in [-0.1, -0.05) is 12.1 Å². The van der Waals surface area contributed by atoms with Crippen molar-refractivity contribution in [3.63, 3.8) is 0 Å². The average Bonchev–Trinajstić information content (AvgIpc) is 2.14. The first-order valence-electron chi connectivity index (χ1n) is 3.98. The monoisotopic (exact) mass is 194 g/mol. The highest BCUT2D eigenvalue weighted by atomic mass is 16.4. The number of aliphatic carboxylic acids is 1. The summed E-state index contributed by atoms with van der Waals surface area (Å²) in [5, 5.41) is 26.6. The number of rotatable bonds is 3. The number of aromatic hydroxyl groups is 1. The summed E-state index contributed by atoms with van der Waals surface area (Å²) in [6.45, 7) is -0.327. The fourth-order valence-corrected chi connectivity index (χ4v) is 1.08. The van der Waals surface area contributed by atoms with Crippen molar-refractivity contribution in [2.24, 2.45) is 0 Å². The average molecular weight is 194 g/mol. The molecule has 1 aromatic carbocycles. The first kappa shape index (κ1) is 10.3. The summed E-state index contributed by atoms with van der Waals surface area (Å²) in [6.07, 6.45) is 2.28. The van der Waals surface area contributed by atoms with Crippen molar-refractivity contribution in [2.45, 2.75) is 6.61 Å². The highest BCUT2D eigenvalue weighted by molar-refractivity contribution is 5.85. The quantitative estimate of drug-likeness (QED) is 0.627. The standard InChI is InChI=1S/C10H10O4/c11-6-8-7(4-5-10(13)14)2-1-3-9(8)12/h1-5,11-12H,6H2,(H,13,14). The first-order valence-corrected chi connectivity index (χ1v) is 3.98. The number of phenols is 1. The van der Waals surface area contributed by atoms with Crippen LogP contribution in [0.3, 0.4) is 0 Å². The van der Waals surface area contributed by atoms with Crippen LogP contribution in [0.4, 0.5) is 0 Å². The molecule has 0 aliphatic carbocycles. The van der Waals surface area contributed by atoms with Gasteiger partial charge in [0.2, 0.25) is 0 Å². The summed E-state index contributed by atoms with van der Waals surface area (Å²) in [5.74, 6) is -1.11. The minimum absolute atomic E-state index is 0.0416. The molecule has 14 heavy (non-hydrogen) atoms. The summed E-state index contributed by atoms with van der Waals surface area (Å²) >= 11 is 0. The maximum absolute atomic E-state index is 10.2. The van der Waals surface area contributed by atoms with Crippen LogP contribution in [0.5, 0.6) is 5.75 Å². The third-order valence-electron chi connectivity index (χ3n) is 1.75. The number of aliphatic hydroxyl groups excluding tert-OH is 1. The van der Waals surface area contributed by atoms with E-state index in [4.69, 9.17) is 10.2 Å². The molecular weight excluding hydrogens is 184 g/mol. The van der Waals surface area contributed by atoms with Crippen molar-refractivity contribution in [2.75, 3.05) is 0 Å². The van der Waals surface area contributed by atoms with Crippen molar-refractivity contribution in [3.8, 4) is 5.75 Å². The van der Waals surface area contributed by atoms with Crippen molar-refractivity contribution in [3.05, 3.63) is 35.4 Å². The molecular formula is C10H10O4. The molecule has 4 heteroatoms. The number of hydrogen-bond donors (Lipinski definition) is 3. The molecule has 0 bridgehead atoms. The Balaban J connectivity index is 3.08. The zero-order valence-corrected chi connectivity index (χ0v) is 7.34. The Morgan fingerprint density at radius 1 is 1.43 bits per heavy atom. The fraction of sp³-hybridized carbons (Fsp3) is 0.100. The van der Waals surface area contributed by atoms with Gasteiger partial charge in [0.1, 0.15) is 5.75 Å². The van der Waals surface area contributed by atoms with Crippen molar-refractivity contribution >= 4 is 12.0 Å². The Morgan fingerprint density at radius 3 is 2.71 bits per heavy atom. The lowest BCUT2D eigenvalue weighted by atomic mass is 10.1. The van der Waals surface area contributed by atoms with Crippen LogP contribution in [0.25, 0.3) is 6.08 Å². The smallest absolute Gasteiger partial charge is 0.328 e. The molecule has 74 valence electrons. The highest BCUT2D eigenvalue weighted by Gasteiger charge is 2.03. The molecule has 0 heterocycles. The lowest BCUT2D eigenvalue weighted by molar-refractivity contribution is -0.131. The van der Waals surface area contributed by atoms with Gasteiger partial charge < -0.3 is 15.3 Å². The Bertz CT molecular complexity index is 368. The third kappa shape index (κ3) is 2.34. The number of carboxylic acids is 1. The molecule has 3 N–H and O–H groups in total. The Kier molecular flexibility index (Phi) is 3.25. The van der Waals surface area contributed by atoms with Crippen LogP contribution in [0.1, 0.15) is 11.1 Å². The van der Waals surface area contributed by atoms with E-state index in [-0.39, 0.29) is 12.4 Å². The second-order valence-electron chi connectivity index (χ2n) is 2.67. The zero-order chi connectivity index (χ0) is 10.6. The molecule has 1 aromatic rings. The summed E-state index contributed by atoms with van der Waals surface area (Å²) in [6, 6.07) is 4.63. The van der Waals surface area contributed by atoms with E-state index < -0.39 is 5.97 Å². The second-order valence-corrected chi connectivity index (χ2v) is 2.67. The topological polar surface area (TPSA) is 77.8 Å². The lowest BCUT2D eigenvalue weighted by Crippen LogP contribution is -1.91. The maximum Gasteiger partial charge on any atom is 0.328 e. The van der Waals surface area contributed by atoms with E-state index in [1.165, 1.54) is 12.1 Å². The van der Waals surface area contributed by atoms with Crippen molar-refractivity contribution in [1.82, 2.24) is 0 Å². The van der Waals surface area contributed by atoms with Crippen LogP contribution in [0.2, 0.25) is 0 Å². The normalized spacial score (nSPS) is 10.6. The second kappa shape index (κ2) is 4.43. The minimum atomic E-state index is -1.07. The van der Waals surface area contributed by atoms with Gasteiger partial charge in [0, 0.05) is 11.6 Å². The molecule has 0 unspecified atom stereocenters. The van der Waals surface area contributed by atoms with Crippen LogP contribution in [-0.4, -0.2) is 21.3 Å². The van der Waals surface area contributed by atoms with Crippen LogP contribution < -0.4 is 0 Å². The maximum atomic E-state index is 10.2. The van der Waals surface area contributed by atoms with Gasteiger partial charge in [0.25, 0.3) is 0 Å². The highest BCUT2D eigenvalue weighted by Crippen LogP contribution is 2.21. The number of carboxylic acid groups (broad SMARTS) is 1. The summed E-state index contributed by atoms with van der Waals surface area (Å²) in [4.78, 5) is 10.2. The minimum Gasteiger partial charge on any atom is -0.508 e. The van der Waals surface area contributed by atoms with Crippen molar-refractivity contribution in [1.29, 1.82) is 0 Å². The van der Waals surface area contributed by atoms with Crippen LogP contribution in [0, 0.1) is 0 Å². The number of hydrogen-bond acceptors (Lipinski definition) is 3. The predicted octanol–water partition coefficient (Wildman–Crippen LogP) is 0.982. The molecule has 0 spiro atoms. The Morgan fingerprint density at radius 2 is 2.14 bits per heavy atom. The fourth-order valence-electron chi connectivity index (χ4n) is 1.08. The molecule has 0 saturated carbocycles. The van der Waals surface area contributed by atoms with Gasteiger partial charge in [-0.15, -0.1) is 0 Å². The van der Waals surface area contributed by atoms with Gasteiger partial charge in [0.05, 0.1) is 6.61 Å². The van der Waals surface area contributed by atoms with Crippen LogP contribution >= 0.6 is 0 Å². The number of benzene rings is 1. The van der Waals surface area contributed by atoms with Gasteiger partial charge in [-0.3, -0.25) is 0 Å². The third-order valence-corrected chi connectivity index (χ3v) is 1.75. The van der Waals surface area contributed by atoms with E-state index in [2.05, 4.69) is 0 Å². The largest absolute Gasteiger partial charge is 0.508 e. The van der Waals surface area contributed by atoms with E-state index in [1.807, 2.05) is 0 Å². The summed E-state index contributed by atoms with van der Waals surface area (Å²) in [5.41, 5.74) is 0.819. The Labute approximate surface area is 80.7 Å². The molecule has 0 radical (unpaired) electrons. The molecule has 0 aliphatic heterocycles. The molecule has 0 aliphatic rings. The zero-order valence-electron chi connectivity index (χ0n) is 7.34. The van der Waals surface area contributed by atoms with E-state index in [9.17, 15) is 9.90 Å². The van der Waals surface area contributed by atoms with E-state index >= 15 is 0 Å². The summed E-state index contributed by atoms with van der Waals surface area (Å²) in [7, 11) is 0. The number of aliphatic hydroxyl groups is 1. The van der Waals surface area contributed by atoms with Gasteiger partial charge >= 0.3 is 5.97 Å². The molecule has 0 fully saturated rings. The van der Waals surface area contributed by atoms with E-state index in [0.29, 0.717) is 11.1 Å². The van der Waals surface area contributed by atoms with Crippen LogP contribution in [-0.2, 0) is 11.4 Å².